The summed E-state index contributed by atoms with van der Waals surface area (Å²) in [6.07, 6.45) is 0. The van der Waals surface area contributed by atoms with Crippen LogP contribution in [0.4, 0.5) is 10.8 Å². The number of amides is 1. The highest BCUT2D eigenvalue weighted by Crippen LogP contribution is 2.35. The van der Waals surface area contributed by atoms with Crippen LogP contribution in [0.5, 0.6) is 11.5 Å². The Balaban J connectivity index is 1.68. The van der Waals surface area contributed by atoms with Crippen LogP contribution in [0.3, 0.4) is 0 Å². The third kappa shape index (κ3) is 4.99. The first kappa shape index (κ1) is 21.8. The Morgan fingerprint density at radius 3 is 2.70 bits per heavy atom. The molecular weight excluding hydrogens is 452 g/mol. The average molecular weight is 467 g/mol. The predicted octanol–water partition coefficient (Wildman–Crippen LogP) is 4.66. The van der Waals surface area contributed by atoms with Gasteiger partial charge < -0.3 is 9.47 Å². The monoisotopic (exact) mass is 466 g/mol. The fourth-order valence-corrected chi connectivity index (χ4v) is 4.57. The molecule has 9 nitrogen and oxygen atoms in total. The van der Waals surface area contributed by atoms with E-state index in [0.29, 0.717) is 37.1 Å². The molecule has 12 heteroatoms. The van der Waals surface area contributed by atoms with Crippen LogP contribution < -0.4 is 14.8 Å². The fraction of sp³-hybridized carbons (Fsp3) is 0.167. The molecule has 1 aromatic heterocycles. The van der Waals surface area contributed by atoms with E-state index in [-0.39, 0.29) is 17.3 Å². The van der Waals surface area contributed by atoms with E-state index < -0.39 is 4.92 Å². The number of nitro benzene ring substituents is 1. The largest absolute Gasteiger partial charge is 0.493 e. The van der Waals surface area contributed by atoms with Gasteiger partial charge >= 0.3 is 0 Å². The van der Waals surface area contributed by atoms with Gasteiger partial charge in [0.05, 0.1) is 29.7 Å². The first-order chi connectivity index (χ1) is 14.4. The van der Waals surface area contributed by atoms with Crippen molar-refractivity contribution in [3.8, 4) is 11.5 Å². The maximum absolute atomic E-state index is 12.5. The lowest BCUT2D eigenvalue weighted by Crippen LogP contribution is -2.11. The lowest BCUT2D eigenvalue weighted by Gasteiger charge is -2.08. The van der Waals surface area contributed by atoms with Gasteiger partial charge in [0.2, 0.25) is 5.13 Å². The van der Waals surface area contributed by atoms with E-state index in [2.05, 4.69) is 15.5 Å². The molecule has 1 amide bonds. The van der Waals surface area contributed by atoms with Gasteiger partial charge in [-0.1, -0.05) is 40.8 Å². The predicted molar refractivity (Wildman–Crippen MR) is 115 cm³/mol. The Labute approximate surface area is 184 Å². The van der Waals surface area contributed by atoms with E-state index in [1.807, 2.05) is 0 Å². The molecule has 0 aliphatic carbocycles. The first-order valence-electron chi connectivity index (χ1n) is 8.34. The standard InChI is InChI=1S/C18H15ClN4O5S2/c1-27-14-7-6-10(8-15(14)28-2)16(24)20-17-21-22-18(30-17)29-9-11-12(19)4-3-5-13(11)23(25)26/h3-8H,9H2,1-2H3,(H,20,21,24). The van der Waals surface area contributed by atoms with Gasteiger partial charge in [0.15, 0.2) is 15.8 Å². The SMILES string of the molecule is COc1ccc(C(=O)Nc2nnc(SCc3c(Cl)cccc3[N+](=O)[O-])s2)cc1OC. The normalized spacial score (nSPS) is 10.5. The third-order valence-electron chi connectivity index (χ3n) is 3.90. The molecule has 30 heavy (non-hydrogen) atoms. The molecule has 0 unspecified atom stereocenters. The van der Waals surface area contributed by atoms with Crippen molar-refractivity contribution in [3.63, 3.8) is 0 Å². The maximum Gasteiger partial charge on any atom is 0.274 e. The van der Waals surface area contributed by atoms with Gasteiger partial charge in [0, 0.05) is 17.4 Å². The molecule has 0 saturated heterocycles. The molecule has 1 heterocycles. The smallest absolute Gasteiger partial charge is 0.274 e. The topological polar surface area (TPSA) is 116 Å². The number of halogens is 1. The summed E-state index contributed by atoms with van der Waals surface area (Å²) in [5, 5.41) is 22.4. The Morgan fingerprint density at radius 1 is 1.23 bits per heavy atom. The van der Waals surface area contributed by atoms with Crippen LogP contribution in [0.1, 0.15) is 15.9 Å². The van der Waals surface area contributed by atoms with Gasteiger partial charge in [-0.2, -0.15) is 0 Å². The minimum absolute atomic E-state index is 0.0542. The van der Waals surface area contributed by atoms with Crippen LogP contribution in [0.2, 0.25) is 5.02 Å². The number of thioether (sulfide) groups is 1. The third-order valence-corrected chi connectivity index (χ3v) is 6.26. The second-order valence-electron chi connectivity index (χ2n) is 5.68. The van der Waals surface area contributed by atoms with Gasteiger partial charge in [-0.3, -0.25) is 20.2 Å². The fourth-order valence-electron chi connectivity index (χ4n) is 2.46. The minimum atomic E-state index is -0.476. The van der Waals surface area contributed by atoms with Crippen LogP contribution >= 0.6 is 34.7 Å². The molecular formula is C18H15ClN4O5S2. The Kier molecular flexibility index (Phi) is 7.08. The summed E-state index contributed by atoms with van der Waals surface area (Å²) in [6.45, 7) is 0. The van der Waals surface area contributed by atoms with E-state index in [1.54, 1.807) is 24.3 Å². The second-order valence-corrected chi connectivity index (χ2v) is 8.29. The highest BCUT2D eigenvalue weighted by molar-refractivity contribution is 8.00. The maximum atomic E-state index is 12.5. The van der Waals surface area contributed by atoms with Gasteiger partial charge in [-0.25, -0.2) is 0 Å². The quantitative estimate of drug-likeness (QED) is 0.220. The van der Waals surface area contributed by atoms with Crippen molar-refractivity contribution < 1.29 is 19.2 Å². The Hall–Kier alpha value is -2.89. The number of ether oxygens (including phenoxy) is 2. The van der Waals surface area contributed by atoms with Crippen molar-refractivity contribution in [2.45, 2.75) is 10.1 Å². The van der Waals surface area contributed by atoms with Crippen LogP contribution in [0.25, 0.3) is 0 Å². The summed E-state index contributed by atoms with van der Waals surface area (Å²) in [6, 6.07) is 9.31. The lowest BCUT2D eigenvalue weighted by atomic mass is 10.2. The summed E-state index contributed by atoms with van der Waals surface area (Å²) in [5.41, 5.74) is 0.713. The molecule has 2 aromatic carbocycles. The van der Waals surface area contributed by atoms with Gasteiger partial charge in [-0.05, 0) is 24.3 Å². The minimum Gasteiger partial charge on any atom is -0.493 e. The van der Waals surface area contributed by atoms with E-state index >= 15 is 0 Å². The summed E-state index contributed by atoms with van der Waals surface area (Å²) < 4.78 is 10.9. The van der Waals surface area contributed by atoms with E-state index in [1.165, 1.54) is 38.1 Å². The number of anilines is 1. The van der Waals surface area contributed by atoms with Crippen LogP contribution in [0, 0.1) is 10.1 Å². The van der Waals surface area contributed by atoms with E-state index in [0.717, 1.165) is 11.3 Å². The Morgan fingerprint density at radius 2 is 2.00 bits per heavy atom. The molecule has 0 bridgehead atoms. The van der Waals surface area contributed by atoms with Crippen molar-refractivity contribution in [1.29, 1.82) is 0 Å². The molecule has 0 saturated carbocycles. The number of aromatic nitrogens is 2. The van der Waals surface area contributed by atoms with Crippen molar-refractivity contribution in [1.82, 2.24) is 10.2 Å². The number of nitrogens with zero attached hydrogens (tertiary/aromatic N) is 3. The molecule has 1 N–H and O–H groups in total. The highest BCUT2D eigenvalue weighted by Gasteiger charge is 2.18. The van der Waals surface area contributed by atoms with Crippen molar-refractivity contribution in [3.05, 3.63) is 62.7 Å². The number of carbonyl (C=O) groups excluding carboxylic acids is 1. The molecule has 0 aliphatic heterocycles. The summed E-state index contributed by atoms with van der Waals surface area (Å²) in [7, 11) is 2.99. The van der Waals surface area contributed by atoms with Crippen LogP contribution in [0.15, 0.2) is 40.7 Å². The summed E-state index contributed by atoms with van der Waals surface area (Å²) in [5.74, 6) is 0.802. The average Bonchev–Trinajstić information content (AvgIpc) is 3.19. The highest BCUT2D eigenvalue weighted by atomic mass is 35.5. The van der Waals surface area contributed by atoms with E-state index in [4.69, 9.17) is 21.1 Å². The van der Waals surface area contributed by atoms with Crippen molar-refractivity contribution >= 4 is 51.4 Å². The van der Waals surface area contributed by atoms with Gasteiger partial charge in [0.1, 0.15) is 0 Å². The second kappa shape index (κ2) is 9.74. The van der Waals surface area contributed by atoms with Crippen molar-refractivity contribution in [2.24, 2.45) is 0 Å². The molecule has 3 rings (SSSR count). The van der Waals surface area contributed by atoms with Gasteiger partial charge in [-0.15, -0.1) is 10.2 Å². The van der Waals surface area contributed by atoms with Gasteiger partial charge in [0.25, 0.3) is 11.6 Å². The molecule has 3 aromatic rings. The number of benzene rings is 2. The number of nitrogens with one attached hydrogen (secondary N) is 1. The molecule has 156 valence electrons. The Bertz CT molecular complexity index is 1090. The molecule has 0 spiro atoms. The number of nitro groups is 1. The zero-order valence-electron chi connectivity index (χ0n) is 15.7. The molecule has 0 aliphatic rings. The number of hydrogen-bond donors (Lipinski definition) is 1. The first-order valence-corrected chi connectivity index (χ1v) is 10.5. The number of hydrogen-bond acceptors (Lipinski definition) is 9. The molecule has 0 radical (unpaired) electrons. The molecule has 0 fully saturated rings. The van der Waals surface area contributed by atoms with E-state index in [9.17, 15) is 14.9 Å². The number of methoxy groups -OCH3 is 2. The number of rotatable bonds is 8. The zero-order valence-corrected chi connectivity index (χ0v) is 18.1. The van der Waals surface area contributed by atoms with Crippen LogP contribution in [-0.2, 0) is 5.75 Å². The lowest BCUT2D eigenvalue weighted by molar-refractivity contribution is -0.385. The number of carbonyl (C=O) groups is 1. The molecule has 0 atom stereocenters. The summed E-state index contributed by atoms with van der Waals surface area (Å²) in [4.78, 5) is 23.2. The van der Waals surface area contributed by atoms with Crippen molar-refractivity contribution in [2.75, 3.05) is 19.5 Å². The zero-order chi connectivity index (χ0) is 21.7. The van der Waals surface area contributed by atoms with Crippen LogP contribution in [-0.4, -0.2) is 35.2 Å². The summed E-state index contributed by atoms with van der Waals surface area (Å²) >= 11 is 8.50.